The van der Waals surface area contributed by atoms with Crippen molar-refractivity contribution in [3.8, 4) is 5.75 Å². The van der Waals surface area contributed by atoms with Gasteiger partial charge in [-0.05, 0) is 68.9 Å². The van der Waals surface area contributed by atoms with E-state index < -0.39 is 0 Å². The molecule has 0 atom stereocenters. The predicted molar refractivity (Wildman–Crippen MR) is 140 cm³/mol. The van der Waals surface area contributed by atoms with Gasteiger partial charge in [-0.3, -0.25) is 0 Å². The van der Waals surface area contributed by atoms with E-state index in [-0.39, 0.29) is 0 Å². The van der Waals surface area contributed by atoms with Gasteiger partial charge in [0.2, 0.25) is 5.95 Å². The second-order valence-corrected chi connectivity index (χ2v) is 9.86. The highest BCUT2D eigenvalue weighted by atomic mass is 79.9. The Morgan fingerprint density at radius 2 is 1.85 bits per heavy atom. The van der Waals surface area contributed by atoms with Crippen LogP contribution in [0.1, 0.15) is 38.2 Å². The molecule has 33 heavy (non-hydrogen) atoms. The smallest absolute Gasteiger partial charge is 0.225 e. The molecule has 1 saturated carbocycles. The first-order valence-electron chi connectivity index (χ1n) is 11.9. The average Bonchev–Trinajstić information content (AvgIpc) is 2.83. The molecular weight excluding hydrogens is 478 g/mol. The quantitative estimate of drug-likeness (QED) is 0.388. The fourth-order valence-electron chi connectivity index (χ4n) is 4.52. The number of fused-ring (bicyclic) bond motifs is 1. The lowest BCUT2D eigenvalue weighted by Crippen LogP contribution is -2.34. The minimum absolute atomic E-state index is 0.548. The van der Waals surface area contributed by atoms with E-state index in [1.54, 1.807) is 0 Å². The molecule has 2 aromatic carbocycles. The first-order chi connectivity index (χ1) is 16.0. The second kappa shape index (κ2) is 11.2. The molecular formula is C26H34BrN5O. The van der Waals surface area contributed by atoms with E-state index in [9.17, 15) is 0 Å². The number of nitrogens with one attached hydrogen (secondary N) is 2. The van der Waals surface area contributed by atoms with Crippen LogP contribution in [0.25, 0.3) is 10.9 Å². The van der Waals surface area contributed by atoms with Crippen molar-refractivity contribution in [1.29, 1.82) is 0 Å². The fourth-order valence-corrected chi connectivity index (χ4v) is 4.93. The molecule has 4 rings (SSSR count). The molecule has 1 aromatic heterocycles. The highest BCUT2D eigenvalue weighted by Gasteiger charge is 2.21. The first kappa shape index (κ1) is 23.8. The minimum atomic E-state index is 0.548. The average molecular weight is 512 g/mol. The van der Waals surface area contributed by atoms with E-state index in [1.165, 1.54) is 31.2 Å². The number of nitrogens with zero attached hydrogens (tertiary/aromatic N) is 3. The number of anilines is 2. The summed E-state index contributed by atoms with van der Waals surface area (Å²) in [4.78, 5) is 11.6. The normalized spacial score (nSPS) is 18.3. The zero-order valence-electron chi connectivity index (χ0n) is 19.8. The molecule has 0 radical (unpaired) electrons. The molecule has 1 fully saturated rings. The lowest BCUT2D eigenvalue weighted by Gasteiger charge is -2.29. The molecule has 0 amide bonds. The zero-order valence-corrected chi connectivity index (χ0v) is 21.4. The van der Waals surface area contributed by atoms with Crippen LogP contribution in [0.15, 0.2) is 46.9 Å². The summed E-state index contributed by atoms with van der Waals surface area (Å²) in [7, 11) is 4.05. The maximum Gasteiger partial charge on any atom is 0.225 e. The monoisotopic (exact) mass is 511 g/mol. The highest BCUT2D eigenvalue weighted by Crippen LogP contribution is 2.28. The summed E-state index contributed by atoms with van der Waals surface area (Å²) >= 11 is 3.58. The summed E-state index contributed by atoms with van der Waals surface area (Å²) in [5.41, 5.74) is 2.19. The van der Waals surface area contributed by atoms with Crippen molar-refractivity contribution >= 4 is 38.6 Å². The van der Waals surface area contributed by atoms with Crippen LogP contribution in [-0.4, -0.2) is 43.3 Å². The van der Waals surface area contributed by atoms with Crippen molar-refractivity contribution in [3.63, 3.8) is 0 Å². The van der Waals surface area contributed by atoms with Gasteiger partial charge in [0.25, 0.3) is 0 Å². The standard InChI is InChI=1S/C26H34BrN5O/c1-4-33-24-14-11-20(27)15-19(24)17-28-21-12-9-18(10-13-21)16-29-26-30-23-8-6-5-7-22(23)25(31-26)32(2)3/h5-8,11,14-15,18,21,28H,4,9-10,12-13,16-17H2,1-3H3,(H,29,30,31). The minimum Gasteiger partial charge on any atom is -0.494 e. The third-order valence-corrected chi connectivity index (χ3v) is 6.80. The Morgan fingerprint density at radius 1 is 1.06 bits per heavy atom. The lowest BCUT2D eigenvalue weighted by molar-refractivity contribution is 0.296. The topological polar surface area (TPSA) is 62.3 Å². The Hall–Kier alpha value is -2.38. The van der Waals surface area contributed by atoms with Crippen LogP contribution in [0.4, 0.5) is 11.8 Å². The maximum atomic E-state index is 5.79. The predicted octanol–water partition coefficient (Wildman–Crippen LogP) is 5.62. The van der Waals surface area contributed by atoms with Crippen molar-refractivity contribution < 1.29 is 4.74 Å². The third-order valence-electron chi connectivity index (χ3n) is 6.31. The fraction of sp³-hybridized carbons (Fsp3) is 0.462. The molecule has 0 bridgehead atoms. The summed E-state index contributed by atoms with van der Waals surface area (Å²) < 4.78 is 6.88. The number of halogens is 1. The Balaban J connectivity index is 1.29. The zero-order chi connectivity index (χ0) is 23.2. The van der Waals surface area contributed by atoms with Gasteiger partial charge in [-0.2, -0.15) is 4.98 Å². The number of rotatable bonds is 9. The summed E-state index contributed by atoms with van der Waals surface area (Å²) in [5, 5.41) is 8.34. The third kappa shape index (κ3) is 6.15. The van der Waals surface area contributed by atoms with Gasteiger partial charge in [0.1, 0.15) is 11.6 Å². The molecule has 1 heterocycles. The molecule has 6 nitrogen and oxygen atoms in total. The Kier molecular flexibility index (Phi) is 8.04. The number of ether oxygens (including phenoxy) is 1. The maximum absolute atomic E-state index is 5.79. The summed E-state index contributed by atoms with van der Waals surface area (Å²) in [5.74, 6) is 3.29. The van der Waals surface area contributed by atoms with E-state index >= 15 is 0 Å². The van der Waals surface area contributed by atoms with E-state index in [0.717, 1.165) is 46.0 Å². The van der Waals surface area contributed by atoms with E-state index in [2.05, 4.69) is 38.7 Å². The van der Waals surface area contributed by atoms with E-state index in [4.69, 9.17) is 14.7 Å². The molecule has 0 aliphatic heterocycles. The van der Waals surface area contributed by atoms with Crippen LogP contribution in [-0.2, 0) is 6.54 Å². The molecule has 1 aliphatic carbocycles. The molecule has 0 spiro atoms. The van der Waals surface area contributed by atoms with Gasteiger partial charge in [0, 0.05) is 48.6 Å². The van der Waals surface area contributed by atoms with Crippen LogP contribution >= 0.6 is 15.9 Å². The number of hydrogen-bond acceptors (Lipinski definition) is 6. The summed E-state index contributed by atoms with van der Waals surface area (Å²) in [6, 6.07) is 15.0. The van der Waals surface area contributed by atoms with Gasteiger partial charge in [-0.15, -0.1) is 0 Å². The summed E-state index contributed by atoms with van der Waals surface area (Å²) in [6.45, 7) is 4.46. The molecule has 0 saturated heterocycles. The Bertz CT molecular complexity index is 1070. The van der Waals surface area contributed by atoms with Gasteiger partial charge in [0.15, 0.2) is 0 Å². The van der Waals surface area contributed by atoms with Crippen molar-refractivity contribution in [1.82, 2.24) is 15.3 Å². The van der Waals surface area contributed by atoms with Crippen molar-refractivity contribution in [2.75, 3.05) is 37.5 Å². The number of hydrogen-bond donors (Lipinski definition) is 2. The van der Waals surface area contributed by atoms with Crippen molar-refractivity contribution in [2.24, 2.45) is 5.92 Å². The molecule has 7 heteroatoms. The van der Waals surface area contributed by atoms with Gasteiger partial charge < -0.3 is 20.3 Å². The van der Waals surface area contributed by atoms with Crippen molar-refractivity contribution in [2.45, 2.75) is 45.2 Å². The van der Waals surface area contributed by atoms with Crippen LogP contribution < -0.4 is 20.3 Å². The van der Waals surface area contributed by atoms with E-state index in [0.29, 0.717) is 18.6 Å². The Morgan fingerprint density at radius 3 is 2.61 bits per heavy atom. The molecule has 3 aromatic rings. The summed E-state index contributed by atoms with van der Waals surface area (Å²) in [6.07, 6.45) is 4.78. The van der Waals surface area contributed by atoms with Gasteiger partial charge >= 0.3 is 0 Å². The number of para-hydroxylation sites is 1. The van der Waals surface area contributed by atoms with Crippen LogP contribution in [0, 0.1) is 5.92 Å². The van der Waals surface area contributed by atoms with Crippen LogP contribution in [0.5, 0.6) is 5.75 Å². The van der Waals surface area contributed by atoms with Gasteiger partial charge in [0.05, 0.1) is 12.1 Å². The lowest BCUT2D eigenvalue weighted by atomic mass is 9.86. The number of benzene rings is 2. The second-order valence-electron chi connectivity index (χ2n) is 8.95. The molecule has 1 aliphatic rings. The Labute approximate surface area is 205 Å². The highest BCUT2D eigenvalue weighted by molar-refractivity contribution is 9.10. The molecule has 2 N–H and O–H groups in total. The van der Waals surface area contributed by atoms with Gasteiger partial charge in [-0.25, -0.2) is 4.98 Å². The van der Waals surface area contributed by atoms with Crippen LogP contribution in [0.2, 0.25) is 0 Å². The SMILES string of the molecule is CCOc1ccc(Br)cc1CNC1CCC(CNc2nc(N(C)C)c3ccccc3n2)CC1. The molecule has 0 unspecified atom stereocenters. The largest absolute Gasteiger partial charge is 0.494 e. The first-order valence-corrected chi connectivity index (χ1v) is 12.7. The van der Waals surface area contributed by atoms with Gasteiger partial charge in [-0.1, -0.05) is 28.1 Å². The molecule has 176 valence electrons. The van der Waals surface area contributed by atoms with Crippen molar-refractivity contribution in [3.05, 3.63) is 52.5 Å². The number of aromatic nitrogens is 2. The van der Waals surface area contributed by atoms with Crippen LogP contribution in [0.3, 0.4) is 0 Å². The van der Waals surface area contributed by atoms with E-state index in [1.807, 2.05) is 56.3 Å².